The Morgan fingerprint density at radius 2 is 1.45 bits per heavy atom. The maximum absolute atomic E-state index is 12.2. The van der Waals surface area contributed by atoms with Crippen molar-refractivity contribution in [2.45, 2.75) is 55.4 Å². The predicted molar refractivity (Wildman–Crippen MR) is 137 cm³/mol. The molecule has 0 aliphatic carbocycles. The van der Waals surface area contributed by atoms with Crippen molar-refractivity contribution in [1.29, 1.82) is 5.41 Å². The number of hydrogen-bond donors (Lipinski definition) is 2. The van der Waals surface area contributed by atoms with Gasteiger partial charge in [0.15, 0.2) is 0 Å². The minimum atomic E-state index is -0.141. The normalized spacial score (nSPS) is 9.97. The first-order valence-corrected chi connectivity index (χ1v) is 12.1. The summed E-state index contributed by atoms with van der Waals surface area (Å²) in [6.45, 7) is 2.77. The summed E-state index contributed by atoms with van der Waals surface area (Å²) in [4.78, 5) is 24.4. The van der Waals surface area contributed by atoms with E-state index in [4.69, 9.17) is 5.41 Å². The van der Waals surface area contributed by atoms with Gasteiger partial charge in [-0.1, -0.05) is 86.5 Å². The third kappa shape index (κ3) is 10.3. The summed E-state index contributed by atoms with van der Waals surface area (Å²) in [5.41, 5.74) is 1.96. The van der Waals surface area contributed by atoms with Crippen molar-refractivity contribution in [3.8, 4) is 0 Å². The van der Waals surface area contributed by atoms with Crippen LogP contribution in [0.2, 0.25) is 0 Å². The molecule has 5 heteroatoms. The number of hydrogen-bond acceptors (Lipinski definition) is 4. The molecule has 1 amide bonds. The molecule has 0 atom stereocenters. The highest BCUT2D eigenvalue weighted by Gasteiger charge is 2.12. The van der Waals surface area contributed by atoms with Gasteiger partial charge in [-0.15, -0.1) is 0 Å². The van der Waals surface area contributed by atoms with Crippen LogP contribution in [-0.4, -0.2) is 17.9 Å². The highest BCUT2D eigenvalue weighted by Crippen LogP contribution is 2.27. The van der Waals surface area contributed by atoms with E-state index >= 15 is 0 Å². The first-order valence-electron chi connectivity index (χ1n) is 11.3. The largest absolute Gasteiger partial charge is 0.355 e. The minimum Gasteiger partial charge on any atom is -0.355 e. The molecule has 0 spiro atoms. The number of nitrogens with one attached hydrogen (secondary N) is 2. The van der Waals surface area contributed by atoms with Crippen LogP contribution >= 0.6 is 11.8 Å². The van der Waals surface area contributed by atoms with E-state index in [9.17, 15) is 9.59 Å². The molecule has 3 aromatic rings. The fourth-order valence-electron chi connectivity index (χ4n) is 3.07. The molecule has 172 valence electrons. The number of amides is 1. The average molecular weight is 461 g/mol. The Morgan fingerprint density at radius 3 is 2.06 bits per heavy atom. The number of carbonyl (C=O) groups is 2. The highest BCUT2D eigenvalue weighted by atomic mass is 32.2. The molecule has 33 heavy (non-hydrogen) atoms. The van der Waals surface area contributed by atoms with E-state index in [1.807, 2.05) is 72.8 Å². The molecule has 4 nitrogen and oxygen atoms in total. The van der Waals surface area contributed by atoms with E-state index in [1.165, 1.54) is 17.7 Å². The van der Waals surface area contributed by atoms with E-state index in [0.29, 0.717) is 24.9 Å². The zero-order valence-electron chi connectivity index (χ0n) is 19.1. The SMILES string of the molecule is CCCCCCC(=N)C(=O)c1ccc(Sc2ccccc2)cc1.O=CNCc1ccccc1. The number of carbonyl (C=O) groups excluding carboxylic acids is 2. The smallest absolute Gasteiger partial charge is 0.207 e. The van der Waals surface area contributed by atoms with Crippen molar-refractivity contribution >= 4 is 29.7 Å². The molecule has 0 fully saturated rings. The second kappa shape index (κ2) is 15.6. The maximum Gasteiger partial charge on any atom is 0.207 e. The van der Waals surface area contributed by atoms with Crippen molar-refractivity contribution in [2.24, 2.45) is 0 Å². The topological polar surface area (TPSA) is 70.0 Å². The predicted octanol–water partition coefficient (Wildman–Crippen LogP) is 6.94. The summed E-state index contributed by atoms with van der Waals surface area (Å²) in [6, 6.07) is 27.5. The zero-order valence-corrected chi connectivity index (χ0v) is 19.9. The van der Waals surface area contributed by atoms with Crippen LogP contribution in [0, 0.1) is 5.41 Å². The number of Topliss-reactive ketones (excluding diaryl/α,β-unsaturated/α-hetero) is 1. The molecule has 0 saturated carbocycles. The van der Waals surface area contributed by atoms with Crippen molar-refractivity contribution in [2.75, 3.05) is 0 Å². The third-order valence-corrected chi connectivity index (χ3v) is 5.90. The summed E-state index contributed by atoms with van der Waals surface area (Å²) < 4.78 is 0. The quantitative estimate of drug-likeness (QED) is 0.133. The Hall–Kier alpha value is -3.18. The number of rotatable bonds is 12. The Morgan fingerprint density at radius 1 is 0.848 bits per heavy atom. The lowest BCUT2D eigenvalue weighted by Crippen LogP contribution is -2.12. The molecule has 0 unspecified atom stereocenters. The lowest BCUT2D eigenvalue weighted by atomic mass is 10.0. The summed E-state index contributed by atoms with van der Waals surface area (Å²) in [7, 11) is 0. The van der Waals surface area contributed by atoms with Crippen molar-refractivity contribution in [1.82, 2.24) is 5.32 Å². The van der Waals surface area contributed by atoms with E-state index in [2.05, 4.69) is 24.4 Å². The molecule has 0 bridgehead atoms. The third-order valence-electron chi connectivity index (χ3n) is 4.88. The molecule has 2 N–H and O–H groups in total. The van der Waals surface area contributed by atoms with Crippen molar-refractivity contribution in [3.63, 3.8) is 0 Å². The molecule has 3 aromatic carbocycles. The Bertz CT molecular complexity index is 974. The van der Waals surface area contributed by atoms with Gasteiger partial charge in [-0.05, 0) is 54.8 Å². The van der Waals surface area contributed by atoms with Gasteiger partial charge in [0.25, 0.3) is 0 Å². The van der Waals surface area contributed by atoms with Crippen LogP contribution in [0.25, 0.3) is 0 Å². The molecule has 0 aliphatic rings. The standard InChI is InChI=1S/C20H23NOS.C8H9NO/c1-2-3-4-8-11-19(21)20(22)16-12-14-18(15-13-16)23-17-9-6-5-7-10-17;10-7-9-6-8-4-2-1-3-5-8/h5-7,9-10,12-15,21H,2-4,8,11H2,1H3;1-5,7H,6H2,(H,9,10). The fourth-order valence-corrected chi connectivity index (χ4v) is 3.91. The number of ketones is 1. The molecule has 3 rings (SSSR count). The molecule has 0 radical (unpaired) electrons. The van der Waals surface area contributed by atoms with E-state index < -0.39 is 0 Å². The van der Waals surface area contributed by atoms with E-state index in [0.717, 1.165) is 23.3 Å². The second-order valence-corrected chi connectivity index (χ2v) is 8.69. The first kappa shape index (κ1) is 26.1. The minimum absolute atomic E-state index is 0.141. The summed E-state index contributed by atoms with van der Waals surface area (Å²) >= 11 is 1.67. The molecule has 0 aliphatic heterocycles. The monoisotopic (exact) mass is 460 g/mol. The van der Waals surface area contributed by atoms with E-state index in [1.54, 1.807) is 11.8 Å². The van der Waals surface area contributed by atoms with Crippen LogP contribution < -0.4 is 5.32 Å². The fraction of sp³-hybridized carbons (Fsp3) is 0.250. The molecular weight excluding hydrogens is 428 g/mol. The Labute approximate surface area is 201 Å². The average Bonchev–Trinajstić information content (AvgIpc) is 2.87. The Balaban J connectivity index is 0.000000321. The van der Waals surface area contributed by atoms with Gasteiger partial charge in [-0.3, -0.25) is 9.59 Å². The van der Waals surface area contributed by atoms with Gasteiger partial charge >= 0.3 is 0 Å². The van der Waals surface area contributed by atoms with Crippen molar-refractivity contribution in [3.05, 3.63) is 96.1 Å². The molecule has 0 saturated heterocycles. The van der Waals surface area contributed by atoms with Gasteiger partial charge in [0.1, 0.15) is 0 Å². The maximum atomic E-state index is 12.2. The van der Waals surface area contributed by atoms with Crippen LogP contribution in [0.5, 0.6) is 0 Å². The van der Waals surface area contributed by atoms with Gasteiger partial charge in [0.2, 0.25) is 12.2 Å². The first-order chi connectivity index (χ1) is 16.1. The van der Waals surface area contributed by atoms with Crippen LogP contribution in [-0.2, 0) is 11.3 Å². The van der Waals surface area contributed by atoms with Gasteiger partial charge < -0.3 is 10.7 Å². The van der Waals surface area contributed by atoms with Gasteiger partial charge in [-0.2, -0.15) is 0 Å². The Kier molecular flexibility index (Phi) is 12.3. The van der Waals surface area contributed by atoms with Gasteiger partial charge in [0.05, 0.1) is 5.71 Å². The van der Waals surface area contributed by atoms with Crippen LogP contribution in [0.15, 0.2) is 94.7 Å². The van der Waals surface area contributed by atoms with Gasteiger partial charge in [-0.25, -0.2) is 0 Å². The van der Waals surface area contributed by atoms with Gasteiger partial charge in [0, 0.05) is 21.9 Å². The second-order valence-electron chi connectivity index (χ2n) is 7.54. The van der Waals surface area contributed by atoms with E-state index in [-0.39, 0.29) is 11.5 Å². The summed E-state index contributed by atoms with van der Waals surface area (Å²) in [6.07, 6.45) is 5.65. The number of benzene rings is 3. The zero-order chi connectivity index (χ0) is 23.7. The molecule has 0 heterocycles. The van der Waals surface area contributed by atoms with Crippen LogP contribution in [0.1, 0.15) is 54.9 Å². The highest BCUT2D eigenvalue weighted by molar-refractivity contribution is 7.99. The van der Waals surface area contributed by atoms with Crippen LogP contribution in [0.4, 0.5) is 0 Å². The molecule has 0 aromatic heterocycles. The van der Waals surface area contributed by atoms with Crippen LogP contribution in [0.3, 0.4) is 0 Å². The molecular formula is C28H32N2O2S. The van der Waals surface area contributed by atoms with Crippen molar-refractivity contribution < 1.29 is 9.59 Å². The summed E-state index contributed by atoms with van der Waals surface area (Å²) in [5, 5.41) is 10.5. The number of unbranched alkanes of at least 4 members (excludes halogenated alkanes) is 3. The lowest BCUT2D eigenvalue weighted by molar-refractivity contribution is -0.109. The summed E-state index contributed by atoms with van der Waals surface area (Å²) in [5.74, 6) is -0.141. The lowest BCUT2D eigenvalue weighted by Gasteiger charge is -2.05.